The second kappa shape index (κ2) is 44.3. The van der Waals surface area contributed by atoms with Crippen molar-refractivity contribution in [3.63, 3.8) is 0 Å². The number of aliphatic hydroxyl groups excluding tert-OH is 9. The number of aliphatic hydroxyl groups is 9. The number of hydrogen-bond acceptors (Lipinski definition) is 29. The molecule has 4 aliphatic rings. The zero-order valence-electron chi connectivity index (χ0n) is 53.3. The lowest BCUT2D eigenvalue weighted by Gasteiger charge is -2.42. The first-order chi connectivity index (χ1) is 44.6. The highest BCUT2D eigenvalue weighted by atomic mass is 16.7. The van der Waals surface area contributed by atoms with Gasteiger partial charge in [-0.2, -0.15) is 0 Å². The van der Waals surface area contributed by atoms with E-state index in [1.165, 1.54) is 20.8 Å². The molecule has 3 heterocycles. The largest absolute Gasteiger partial charge is 0.394 e. The van der Waals surface area contributed by atoms with Crippen LogP contribution in [0.1, 0.15) is 65.7 Å². The van der Waals surface area contributed by atoms with Crippen LogP contribution in [0.25, 0.3) is 0 Å². The van der Waals surface area contributed by atoms with E-state index in [0.717, 1.165) is 0 Å². The van der Waals surface area contributed by atoms with Gasteiger partial charge in [-0.05, 0) is 25.7 Å². The summed E-state index contributed by atoms with van der Waals surface area (Å²) in [6.07, 6.45) is -14.1. The summed E-state index contributed by atoms with van der Waals surface area (Å²) >= 11 is 0. The van der Waals surface area contributed by atoms with Crippen molar-refractivity contribution in [2.75, 3.05) is 146 Å². The Balaban J connectivity index is 1.29. The average molecular weight is 1350 g/mol. The highest BCUT2D eigenvalue weighted by Gasteiger charge is 2.48. The first kappa shape index (κ1) is 80.8. The Kier molecular flexibility index (Phi) is 38.5. The van der Waals surface area contributed by atoms with Gasteiger partial charge in [0.15, 0.2) is 18.9 Å². The molecule has 538 valence electrons. The third-order valence-electron chi connectivity index (χ3n) is 15.3. The molecule has 93 heavy (non-hydrogen) atoms. The van der Waals surface area contributed by atoms with Gasteiger partial charge in [0.1, 0.15) is 78.6 Å². The van der Waals surface area contributed by atoms with Gasteiger partial charge in [0.25, 0.3) is 0 Å². The molecule has 0 bridgehead atoms. The van der Waals surface area contributed by atoms with Crippen molar-refractivity contribution < 1.29 is 141 Å². The first-order valence-electron chi connectivity index (χ1n) is 31.2. The van der Waals surface area contributed by atoms with Gasteiger partial charge >= 0.3 is 0 Å². The fourth-order valence-corrected chi connectivity index (χ4v) is 10.3. The quantitative estimate of drug-likeness (QED) is 0.0252. The number of nitrogens with one attached hydrogen (secondary N) is 7. The first-order valence-corrected chi connectivity index (χ1v) is 31.2. The van der Waals surface area contributed by atoms with E-state index in [1.54, 1.807) is 7.11 Å². The molecule has 15 atom stereocenters. The molecule has 16 N–H and O–H groups in total. The predicted octanol–water partition coefficient (Wildman–Crippen LogP) is -8.45. The molecule has 15 unspecified atom stereocenters. The molecule has 4 fully saturated rings. The number of hydrogen-bond donors (Lipinski definition) is 16. The molecule has 36 heteroatoms. The predicted molar refractivity (Wildman–Crippen MR) is 315 cm³/mol. The molecule has 1 aliphatic carbocycles. The highest BCUT2D eigenvalue weighted by molar-refractivity contribution is 5.80. The zero-order chi connectivity index (χ0) is 68.3. The maximum atomic E-state index is 14.1. The van der Waals surface area contributed by atoms with Crippen LogP contribution in [-0.4, -0.2) is 337 Å². The minimum absolute atomic E-state index is 0.00312. The summed E-state index contributed by atoms with van der Waals surface area (Å²) in [6.45, 7) is 0.830. The molecule has 36 nitrogen and oxygen atoms in total. The van der Waals surface area contributed by atoms with Crippen LogP contribution in [0.2, 0.25) is 0 Å². The van der Waals surface area contributed by atoms with E-state index >= 15 is 0 Å². The normalized spacial score (nSPS) is 29.5. The molecule has 0 spiro atoms. The van der Waals surface area contributed by atoms with Gasteiger partial charge in [-0.3, -0.25) is 33.6 Å². The number of carbonyl (C=O) groups excluding carboxylic acids is 7. The summed E-state index contributed by atoms with van der Waals surface area (Å²) < 4.78 is 73.9. The third-order valence-corrected chi connectivity index (χ3v) is 15.3. The lowest BCUT2D eigenvalue weighted by molar-refractivity contribution is -0.272. The number of carbonyl (C=O) groups is 7. The zero-order valence-corrected chi connectivity index (χ0v) is 53.3. The lowest BCUT2D eigenvalue weighted by Crippen LogP contribution is -2.64. The molecule has 3 saturated heterocycles. The number of ether oxygens (including phenoxy) is 13. The molecule has 3 aliphatic heterocycles. The fraction of sp³-hybridized carbons (Fsp3) is 0.877. The fourth-order valence-electron chi connectivity index (χ4n) is 10.3. The molecule has 0 aromatic rings. The van der Waals surface area contributed by atoms with Crippen molar-refractivity contribution in [1.29, 1.82) is 0 Å². The van der Waals surface area contributed by atoms with E-state index in [2.05, 4.69) is 37.2 Å². The van der Waals surface area contributed by atoms with Crippen LogP contribution in [0.5, 0.6) is 0 Å². The van der Waals surface area contributed by atoms with Crippen LogP contribution in [0, 0.1) is 5.92 Å². The molecular weight excluding hydrogens is 1250 g/mol. The van der Waals surface area contributed by atoms with Crippen molar-refractivity contribution >= 4 is 41.4 Å². The maximum absolute atomic E-state index is 14.1. The summed E-state index contributed by atoms with van der Waals surface area (Å²) in [6, 6.07) is -3.39. The van der Waals surface area contributed by atoms with Crippen LogP contribution >= 0.6 is 0 Å². The topological polar surface area (TPSA) is 506 Å². The minimum atomic E-state index is -1.49. The van der Waals surface area contributed by atoms with Gasteiger partial charge in [-0.1, -0.05) is 0 Å². The van der Waals surface area contributed by atoms with E-state index in [1.807, 2.05) is 0 Å². The molecule has 0 aromatic heterocycles. The Morgan fingerprint density at radius 2 is 0.731 bits per heavy atom. The van der Waals surface area contributed by atoms with E-state index in [9.17, 15) is 79.5 Å². The second-order valence-electron chi connectivity index (χ2n) is 22.7. The van der Waals surface area contributed by atoms with Crippen LogP contribution in [-0.2, 0) is 95.1 Å². The molecule has 0 radical (unpaired) electrons. The highest BCUT2D eigenvalue weighted by Crippen LogP contribution is 2.28. The minimum Gasteiger partial charge on any atom is -0.394 e. The van der Waals surface area contributed by atoms with E-state index in [4.69, 9.17) is 61.6 Å². The van der Waals surface area contributed by atoms with Gasteiger partial charge in [-0.25, -0.2) is 0 Å². The van der Waals surface area contributed by atoms with E-state index < -0.39 is 159 Å². The maximum Gasteiger partial charge on any atom is 0.223 e. The number of methoxy groups -OCH3 is 1. The Hall–Kier alpha value is -4.59. The summed E-state index contributed by atoms with van der Waals surface area (Å²) in [4.78, 5) is 88.2. The summed E-state index contributed by atoms with van der Waals surface area (Å²) in [7, 11) is 1.61. The van der Waals surface area contributed by atoms with Gasteiger partial charge in [0, 0.05) is 72.7 Å². The summed E-state index contributed by atoms with van der Waals surface area (Å²) in [5.74, 6) is -3.50. The lowest BCUT2D eigenvalue weighted by atomic mass is 9.86. The van der Waals surface area contributed by atoms with Crippen LogP contribution in [0.4, 0.5) is 0 Å². The van der Waals surface area contributed by atoms with Gasteiger partial charge in [-0.15, -0.1) is 0 Å². The standard InChI is InChI=1S/C57H101N7O29/c1-33(68)61-44-50(77)47(74)38(27-65)91-54(44)88-24-21-82-18-12-58-41(71)9-15-85-30-57(64-53(80)36-5-7-37(81-4)8-6-36,31-86-16-10-42(72)59-13-19-83-22-25-89-55-45(62-34(2)69)51(78)48(75)39(28-66)92-55)32-87-17-11-43(73)60-14-20-84-23-26-90-56-46(63-35(3)70)52(79)49(76)40(29-67)93-56/h36-40,44-52,54-56,65-67,74-79H,5-32H2,1-4H3,(H,58,71)(H,59,72)(H,60,73)(H,61,68)(H,62,69)(H,63,70)(H,64,80). The Bertz CT molecular complexity index is 1990. The van der Waals surface area contributed by atoms with Crippen LogP contribution in [0.15, 0.2) is 0 Å². The molecule has 7 amide bonds. The molecule has 0 aromatic carbocycles. The Morgan fingerprint density at radius 1 is 0.419 bits per heavy atom. The van der Waals surface area contributed by atoms with Gasteiger partial charge in [0.05, 0.1) is 125 Å². The molecular formula is C57H101N7O29. The van der Waals surface area contributed by atoms with Crippen molar-refractivity contribution in [1.82, 2.24) is 37.2 Å². The molecule has 4 rings (SSSR count). The summed E-state index contributed by atoms with van der Waals surface area (Å²) in [5, 5.41) is 110. The second-order valence-corrected chi connectivity index (χ2v) is 22.7. The SMILES string of the molecule is COC1CCC(C(=O)NC(COCCC(=O)NCCOCCOC2OC(CO)C(O)C(O)C2NC(C)=O)(COCCC(=O)NCCOCCOC2OC(CO)C(O)C(O)C2NC(C)=O)COCCC(=O)NCCOCCOC2OC(CO)C(O)C(O)C2NC(C)=O)CC1. The Labute approximate surface area is 539 Å². The van der Waals surface area contributed by atoms with Crippen LogP contribution in [0.3, 0.4) is 0 Å². The van der Waals surface area contributed by atoms with E-state index in [-0.39, 0.29) is 150 Å². The number of amides is 7. The van der Waals surface area contributed by atoms with Gasteiger partial charge < -0.3 is 145 Å². The van der Waals surface area contributed by atoms with Crippen molar-refractivity contribution in [3.05, 3.63) is 0 Å². The third kappa shape index (κ3) is 29.0. The smallest absolute Gasteiger partial charge is 0.223 e. The Morgan fingerprint density at radius 3 is 1.01 bits per heavy atom. The average Bonchev–Trinajstić information content (AvgIpc) is 0.972. The van der Waals surface area contributed by atoms with Crippen molar-refractivity contribution in [3.8, 4) is 0 Å². The molecule has 1 saturated carbocycles. The summed E-state index contributed by atoms with van der Waals surface area (Å²) in [5.41, 5.74) is -1.43. The number of rotatable bonds is 45. The van der Waals surface area contributed by atoms with Crippen molar-refractivity contribution in [2.24, 2.45) is 5.92 Å². The van der Waals surface area contributed by atoms with Crippen LogP contribution < -0.4 is 37.2 Å². The van der Waals surface area contributed by atoms with Crippen molar-refractivity contribution in [2.45, 2.75) is 169 Å². The van der Waals surface area contributed by atoms with Gasteiger partial charge in [0.2, 0.25) is 41.4 Å². The monoisotopic (exact) mass is 1350 g/mol. The van der Waals surface area contributed by atoms with E-state index in [0.29, 0.717) is 25.7 Å².